The molecule has 0 fully saturated rings. The van der Waals surface area contributed by atoms with Gasteiger partial charge in [0.1, 0.15) is 0 Å². The highest BCUT2D eigenvalue weighted by molar-refractivity contribution is 6.14. The number of aromatic nitrogens is 4. The molecule has 3 heterocycles. The minimum atomic E-state index is -0.485. The van der Waals surface area contributed by atoms with E-state index in [2.05, 4.69) is 53.1 Å². The fourth-order valence-electron chi connectivity index (χ4n) is 7.58. The second kappa shape index (κ2) is 10.4. The molecular formula is C46H28N4. The Bertz CT molecular complexity index is 3560. The van der Waals surface area contributed by atoms with E-state index in [1.54, 1.807) is 4.57 Å². The maximum absolute atomic E-state index is 9.15. The van der Waals surface area contributed by atoms with E-state index in [0.717, 1.165) is 65.5 Å². The third-order valence-corrected chi connectivity index (χ3v) is 9.79. The van der Waals surface area contributed by atoms with Crippen LogP contribution in [0.4, 0.5) is 0 Å². The van der Waals surface area contributed by atoms with E-state index in [1.807, 2.05) is 78.9 Å². The molecule has 0 bridgehead atoms. The summed E-state index contributed by atoms with van der Waals surface area (Å²) in [6.45, 7) is 0. The summed E-state index contributed by atoms with van der Waals surface area (Å²) in [5.74, 6) is 0.533. The molecule has 50 heavy (non-hydrogen) atoms. The number of para-hydroxylation sites is 3. The summed E-state index contributed by atoms with van der Waals surface area (Å²) in [7, 11) is 0. The van der Waals surface area contributed by atoms with Crippen molar-refractivity contribution in [1.82, 2.24) is 19.1 Å². The molecule has 0 atom stereocenters. The lowest BCUT2D eigenvalue weighted by Crippen LogP contribution is -2.03. The minimum Gasteiger partial charge on any atom is -0.309 e. The van der Waals surface area contributed by atoms with Gasteiger partial charge in [-0.3, -0.25) is 4.57 Å². The molecule has 0 saturated heterocycles. The van der Waals surface area contributed by atoms with E-state index in [-0.39, 0.29) is 28.5 Å². The fraction of sp³-hybridized carbons (Fsp3) is 0. The maximum atomic E-state index is 9.15. The van der Waals surface area contributed by atoms with E-state index in [1.165, 1.54) is 0 Å². The summed E-state index contributed by atoms with van der Waals surface area (Å²) < 4.78 is 65.0. The lowest BCUT2D eigenvalue weighted by Gasteiger charge is -2.13. The van der Waals surface area contributed by atoms with Crippen LogP contribution in [-0.4, -0.2) is 19.1 Å². The first kappa shape index (κ1) is 21.2. The molecule has 0 radical (unpaired) electrons. The fourth-order valence-corrected chi connectivity index (χ4v) is 7.58. The van der Waals surface area contributed by atoms with Crippen molar-refractivity contribution in [2.24, 2.45) is 0 Å². The predicted octanol–water partition coefficient (Wildman–Crippen LogP) is 11.8. The average molecular weight is 644 g/mol. The average Bonchev–Trinajstić information content (AvgIpc) is 3.74. The van der Waals surface area contributed by atoms with Crippen molar-refractivity contribution in [2.75, 3.05) is 0 Å². The van der Waals surface area contributed by atoms with Crippen LogP contribution in [0.2, 0.25) is 0 Å². The van der Waals surface area contributed by atoms with Crippen molar-refractivity contribution >= 4 is 76.1 Å². The summed E-state index contributed by atoms with van der Waals surface area (Å²) >= 11 is 0. The molecule has 8 aromatic carbocycles. The largest absolute Gasteiger partial charge is 0.309 e. The topological polar surface area (TPSA) is 35.6 Å². The van der Waals surface area contributed by atoms with Crippen LogP contribution in [-0.2, 0) is 0 Å². The predicted molar refractivity (Wildman–Crippen MR) is 209 cm³/mol. The van der Waals surface area contributed by atoms with Crippen LogP contribution in [0.3, 0.4) is 0 Å². The van der Waals surface area contributed by atoms with Crippen molar-refractivity contribution in [2.45, 2.75) is 0 Å². The van der Waals surface area contributed by atoms with Crippen molar-refractivity contribution in [3.63, 3.8) is 0 Å². The first-order valence-corrected chi connectivity index (χ1v) is 16.4. The number of nitrogens with zero attached hydrogens (tertiary/aromatic N) is 4. The van der Waals surface area contributed by atoms with Crippen LogP contribution < -0.4 is 0 Å². The second-order valence-electron chi connectivity index (χ2n) is 12.5. The van der Waals surface area contributed by atoms with Gasteiger partial charge in [-0.15, -0.1) is 0 Å². The smallest absolute Gasteiger partial charge is 0.235 e. The second-order valence-corrected chi connectivity index (χ2v) is 12.5. The third-order valence-electron chi connectivity index (χ3n) is 9.79. The Labute approximate surface area is 296 Å². The molecule has 0 aliphatic carbocycles. The Kier molecular flexibility index (Phi) is 4.40. The number of benzene rings is 8. The quantitative estimate of drug-likeness (QED) is 0.192. The molecule has 4 heteroatoms. The maximum Gasteiger partial charge on any atom is 0.235 e. The van der Waals surface area contributed by atoms with Gasteiger partial charge in [-0.25, -0.2) is 9.97 Å². The normalized spacial score (nSPS) is 14.0. The van der Waals surface area contributed by atoms with Gasteiger partial charge in [0.15, 0.2) is 0 Å². The summed E-state index contributed by atoms with van der Waals surface area (Å²) in [6, 6.07) is 39.8. The lowest BCUT2D eigenvalue weighted by atomic mass is 10.0. The Hall–Kier alpha value is -6.78. The molecule has 0 spiro atoms. The SMILES string of the molecule is [2H]c1c([2H])c([2H])c2c(-n3c4ccccc4c4cc(-c5nc(-n6c7ccccc7c7cc8ccccc8cc76)nc6ccccc56)ccc43)c([2H])c([2H])c([2H])c2c1[2H]. The zero-order chi connectivity index (χ0) is 38.9. The highest BCUT2D eigenvalue weighted by Gasteiger charge is 2.20. The zero-order valence-corrected chi connectivity index (χ0v) is 26.4. The first-order chi connectivity index (χ1) is 27.7. The highest BCUT2D eigenvalue weighted by atomic mass is 15.2. The Morgan fingerprint density at radius 1 is 0.420 bits per heavy atom. The van der Waals surface area contributed by atoms with Gasteiger partial charge in [-0.2, -0.15) is 0 Å². The zero-order valence-electron chi connectivity index (χ0n) is 33.4. The van der Waals surface area contributed by atoms with Gasteiger partial charge in [-0.05, 0) is 64.7 Å². The van der Waals surface area contributed by atoms with Gasteiger partial charge in [0.05, 0.1) is 48.6 Å². The Morgan fingerprint density at radius 2 is 1.06 bits per heavy atom. The van der Waals surface area contributed by atoms with Crippen molar-refractivity contribution in [3.8, 4) is 22.9 Å². The van der Waals surface area contributed by atoms with Gasteiger partial charge in [0.2, 0.25) is 5.95 Å². The van der Waals surface area contributed by atoms with Gasteiger partial charge < -0.3 is 4.57 Å². The van der Waals surface area contributed by atoms with Crippen molar-refractivity contribution in [3.05, 3.63) is 170 Å². The van der Waals surface area contributed by atoms with Crippen LogP contribution in [0.5, 0.6) is 0 Å². The van der Waals surface area contributed by atoms with Gasteiger partial charge in [0.25, 0.3) is 0 Å². The monoisotopic (exact) mass is 643 g/mol. The van der Waals surface area contributed by atoms with Crippen LogP contribution >= 0.6 is 0 Å². The molecule has 0 aliphatic heterocycles. The first-order valence-electron chi connectivity index (χ1n) is 19.9. The van der Waals surface area contributed by atoms with Gasteiger partial charge in [0, 0.05) is 37.9 Å². The van der Waals surface area contributed by atoms with Gasteiger partial charge >= 0.3 is 0 Å². The Balaban J connectivity index is 1.21. The minimum absolute atomic E-state index is 0.0316. The number of rotatable bonds is 3. The summed E-state index contributed by atoms with van der Waals surface area (Å²) in [5, 5.41) is 6.97. The highest BCUT2D eigenvalue weighted by Crippen LogP contribution is 2.39. The van der Waals surface area contributed by atoms with Crippen LogP contribution in [0, 0.1) is 0 Å². The number of fused-ring (bicyclic) bond motifs is 9. The molecule has 11 rings (SSSR count). The standard InChI is InChI=1S/C46H28N4/c1-2-14-31-28-44-38(26-30(31)13-1)35-18-7-10-22-42(35)50(44)46-47-39-20-8-5-19-36(39)45(48-46)32-24-25-43-37(27-32)34-17-6-9-21-41(34)49(43)40-23-11-15-29-12-3-4-16-33(29)40/h1-28H/i3D,4D,11D,12D,15D,16D,23D. The molecule has 11 aromatic rings. The van der Waals surface area contributed by atoms with Crippen LogP contribution in [0.25, 0.3) is 99.0 Å². The van der Waals surface area contributed by atoms with Crippen molar-refractivity contribution in [1.29, 1.82) is 0 Å². The summed E-state index contributed by atoms with van der Waals surface area (Å²) in [5.41, 5.74) is 5.83. The molecule has 0 unspecified atom stereocenters. The molecule has 4 nitrogen and oxygen atoms in total. The molecule has 0 amide bonds. The van der Waals surface area contributed by atoms with Crippen LogP contribution in [0.1, 0.15) is 9.60 Å². The van der Waals surface area contributed by atoms with Crippen LogP contribution in [0.15, 0.2) is 170 Å². The van der Waals surface area contributed by atoms with Gasteiger partial charge in [-0.1, -0.05) is 121 Å². The number of hydrogen-bond donors (Lipinski definition) is 0. The van der Waals surface area contributed by atoms with Crippen molar-refractivity contribution < 1.29 is 9.60 Å². The Morgan fingerprint density at radius 3 is 1.90 bits per heavy atom. The molecule has 0 saturated carbocycles. The molecule has 0 aliphatic rings. The van der Waals surface area contributed by atoms with E-state index in [0.29, 0.717) is 17.0 Å². The van der Waals surface area contributed by atoms with E-state index in [4.69, 9.17) is 19.6 Å². The molecule has 3 aromatic heterocycles. The molecule has 232 valence electrons. The summed E-state index contributed by atoms with van der Waals surface area (Å²) in [6.07, 6.45) is 0. The van der Waals surface area contributed by atoms with E-state index < -0.39 is 30.2 Å². The van der Waals surface area contributed by atoms with E-state index in [9.17, 15) is 0 Å². The lowest BCUT2D eigenvalue weighted by molar-refractivity contribution is 1.01. The summed E-state index contributed by atoms with van der Waals surface area (Å²) in [4.78, 5) is 10.5. The third kappa shape index (κ3) is 3.87. The molecule has 0 N–H and O–H groups in total. The van der Waals surface area contributed by atoms with E-state index >= 15 is 0 Å². The number of hydrogen-bond acceptors (Lipinski definition) is 2. The molecular weight excluding hydrogens is 609 g/mol.